The minimum atomic E-state index is -3.38. The summed E-state index contributed by atoms with van der Waals surface area (Å²) in [6, 6.07) is 6.19. The monoisotopic (exact) mass is 402 g/mol. The molecule has 0 radical (unpaired) electrons. The summed E-state index contributed by atoms with van der Waals surface area (Å²) < 4.78 is 33.8. The van der Waals surface area contributed by atoms with Gasteiger partial charge in [0.25, 0.3) is 0 Å². The van der Waals surface area contributed by atoms with Gasteiger partial charge in [0.2, 0.25) is 10.0 Å². The lowest BCUT2D eigenvalue weighted by Crippen LogP contribution is -2.41. The predicted molar refractivity (Wildman–Crippen MR) is 115 cm³/mol. The molecule has 0 bridgehead atoms. The lowest BCUT2D eigenvalue weighted by atomic mass is 9.89. The number of rotatable bonds is 6. The van der Waals surface area contributed by atoms with Crippen molar-refractivity contribution in [3.63, 3.8) is 0 Å². The third-order valence-corrected chi connectivity index (χ3v) is 8.37. The van der Waals surface area contributed by atoms with Gasteiger partial charge in [-0.05, 0) is 62.4 Å². The Labute approximate surface area is 167 Å². The molecule has 28 heavy (non-hydrogen) atoms. The molecule has 0 spiro atoms. The summed E-state index contributed by atoms with van der Waals surface area (Å²) in [5, 5.41) is 0.616. The summed E-state index contributed by atoms with van der Waals surface area (Å²) in [6.07, 6.45) is 10.3. The van der Waals surface area contributed by atoms with E-state index in [9.17, 15) is 8.42 Å². The highest BCUT2D eigenvalue weighted by Gasteiger charge is 2.27. The lowest BCUT2D eigenvalue weighted by molar-refractivity contribution is 0.161. The van der Waals surface area contributed by atoms with Crippen LogP contribution >= 0.6 is 0 Å². The number of benzene rings is 1. The van der Waals surface area contributed by atoms with Gasteiger partial charge in [-0.2, -0.15) is 0 Å². The van der Waals surface area contributed by atoms with E-state index in [2.05, 4.69) is 15.7 Å². The van der Waals surface area contributed by atoms with Gasteiger partial charge in [-0.1, -0.05) is 26.3 Å². The van der Waals surface area contributed by atoms with Crippen molar-refractivity contribution in [2.24, 2.45) is 0 Å². The Kier molecular flexibility index (Phi) is 5.52. The zero-order valence-corrected chi connectivity index (χ0v) is 17.6. The molecule has 6 heteroatoms. The molecule has 0 aliphatic carbocycles. The number of fused-ring (bicyclic) bond motifs is 2. The zero-order chi connectivity index (χ0) is 19.7. The van der Waals surface area contributed by atoms with Crippen LogP contribution in [-0.2, 0) is 10.0 Å². The SMILES string of the molecule is CCC(CC)S(=O)(=O)Nc1ccc2occ(C3=CCN4CCCCC4C3)c2c1. The van der Waals surface area contributed by atoms with Crippen LogP contribution in [0.25, 0.3) is 16.5 Å². The van der Waals surface area contributed by atoms with E-state index in [1.807, 2.05) is 32.2 Å². The van der Waals surface area contributed by atoms with Crippen molar-refractivity contribution >= 4 is 32.3 Å². The molecule has 1 unspecified atom stereocenters. The summed E-state index contributed by atoms with van der Waals surface area (Å²) in [5.41, 5.74) is 3.83. The van der Waals surface area contributed by atoms with Crippen molar-refractivity contribution in [2.75, 3.05) is 17.8 Å². The number of hydrogen-bond acceptors (Lipinski definition) is 4. The van der Waals surface area contributed by atoms with Crippen LogP contribution in [0.2, 0.25) is 0 Å². The van der Waals surface area contributed by atoms with Crippen LogP contribution in [0.5, 0.6) is 0 Å². The van der Waals surface area contributed by atoms with E-state index in [0.29, 0.717) is 24.6 Å². The molecule has 0 amide bonds. The Morgan fingerprint density at radius 1 is 1.25 bits per heavy atom. The van der Waals surface area contributed by atoms with Gasteiger partial charge in [0.1, 0.15) is 5.58 Å². The molecule has 2 aliphatic heterocycles. The molecule has 3 heterocycles. The first-order valence-electron chi connectivity index (χ1n) is 10.5. The largest absolute Gasteiger partial charge is 0.464 e. The van der Waals surface area contributed by atoms with E-state index in [0.717, 1.165) is 29.5 Å². The van der Waals surface area contributed by atoms with Gasteiger partial charge in [0.05, 0.1) is 11.5 Å². The summed E-state index contributed by atoms with van der Waals surface area (Å²) >= 11 is 0. The van der Waals surface area contributed by atoms with Crippen molar-refractivity contribution in [3.8, 4) is 0 Å². The minimum Gasteiger partial charge on any atom is -0.464 e. The van der Waals surface area contributed by atoms with Crippen molar-refractivity contribution in [1.29, 1.82) is 0 Å². The highest BCUT2D eigenvalue weighted by atomic mass is 32.2. The van der Waals surface area contributed by atoms with Crippen LogP contribution < -0.4 is 4.72 Å². The maximum atomic E-state index is 12.6. The highest BCUT2D eigenvalue weighted by molar-refractivity contribution is 7.93. The first-order chi connectivity index (χ1) is 13.5. The van der Waals surface area contributed by atoms with Gasteiger partial charge in [0.15, 0.2) is 0 Å². The lowest BCUT2D eigenvalue weighted by Gasteiger charge is -2.38. The van der Waals surface area contributed by atoms with E-state index in [1.165, 1.54) is 31.4 Å². The standard InChI is InChI=1S/C22H30N2O3S/c1-3-19(4-2)28(25,26)23-17-8-9-22-20(14-17)21(15-27-22)16-10-12-24-11-6-5-7-18(24)13-16/h8-10,14-15,18-19,23H,3-7,11-13H2,1-2H3. The van der Waals surface area contributed by atoms with E-state index >= 15 is 0 Å². The quantitative estimate of drug-likeness (QED) is 0.738. The molecule has 4 rings (SSSR count). The fourth-order valence-electron chi connectivity index (χ4n) is 4.63. The molecule has 1 aromatic heterocycles. The van der Waals surface area contributed by atoms with Crippen molar-refractivity contribution in [1.82, 2.24) is 4.90 Å². The average molecular weight is 403 g/mol. The Morgan fingerprint density at radius 3 is 2.86 bits per heavy atom. The molecule has 0 saturated carbocycles. The number of hydrogen-bond donors (Lipinski definition) is 1. The normalized spacial score (nSPS) is 21.0. The molecule has 2 aliphatic rings. The molecule has 5 nitrogen and oxygen atoms in total. The van der Waals surface area contributed by atoms with Gasteiger partial charge < -0.3 is 4.42 Å². The van der Waals surface area contributed by atoms with Gasteiger partial charge in [-0.3, -0.25) is 9.62 Å². The van der Waals surface area contributed by atoms with E-state index < -0.39 is 10.0 Å². The second-order valence-corrected chi connectivity index (χ2v) is 9.98. The maximum absolute atomic E-state index is 12.6. The fourth-order valence-corrected chi connectivity index (χ4v) is 6.13. The van der Waals surface area contributed by atoms with Crippen molar-refractivity contribution in [3.05, 3.63) is 36.1 Å². The molecule has 1 fully saturated rings. The Morgan fingerprint density at radius 2 is 2.07 bits per heavy atom. The van der Waals surface area contributed by atoms with Crippen molar-refractivity contribution < 1.29 is 12.8 Å². The van der Waals surface area contributed by atoms with Gasteiger partial charge >= 0.3 is 0 Å². The van der Waals surface area contributed by atoms with E-state index in [4.69, 9.17) is 4.42 Å². The Balaban J connectivity index is 1.63. The van der Waals surface area contributed by atoms with Crippen LogP contribution in [0, 0.1) is 0 Å². The first kappa shape index (κ1) is 19.5. The van der Waals surface area contributed by atoms with Gasteiger partial charge in [0, 0.05) is 29.2 Å². The summed E-state index contributed by atoms with van der Waals surface area (Å²) in [4.78, 5) is 2.57. The predicted octanol–water partition coefficient (Wildman–Crippen LogP) is 5.00. The number of anilines is 1. The average Bonchev–Trinajstić information content (AvgIpc) is 3.11. The summed E-state index contributed by atoms with van der Waals surface area (Å²) in [5.74, 6) is 0. The number of sulfonamides is 1. The molecular weight excluding hydrogens is 372 g/mol. The van der Waals surface area contributed by atoms with Crippen LogP contribution in [0.1, 0.15) is 57.9 Å². The summed E-state index contributed by atoms with van der Waals surface area (Å²) in [7, 11) is -3.38. The van der Waals surface area contributed by atoms with Crippen LogP contribution in [0.4, 0.5) is 5.69 Å². The van der Waals surface area contributed by atoms with E-state index in [1.54, 1.807) is 6.07 Å². The smallest absolute Gasteiger partial charge is 0.235 e. The Bertz CT molecular complexity index is 973. The topological polar surface area (TPSA) is 62.6 Å². The van der Waals surface area contributed by atoms with Crippen LogP contribution in [0.15, 0.2) is 35.0 Å². The second-order valence-electron chi connectivity index (χ2n) is 8.02. The maximum Gasteiger partial charge on any atom is 0.235 e. The molecule has 152 valence electrons. The fraction of sp³-hybridized carbons (Fsp3) is 0.545. The Hall–Kier alpha value is -1.79. The molecule has 1 N–H and O–H groups in total. The summed E-state index contributed by atoms with van der Waals surface area (Å²) in [6.45, 7) is 6.01. The number of nitrogens with one attached hydrogen (secondary N) is 1. The highest BCUT2D eigenvalue weighted by Crippen LogP contribution is 2.36. The van der Waals surface area contributed by atoms with E-state index in [-0.39, 0.29) is 5.25 Å². The minimum absolute atomic E-state index is 0.370. The third-order valence-electron chi connectivity index (χ3n) is 6.31. The number of furan rings is 1. The van der Waals surface area contributed by atoms with Crippen LogP contribution in [-0.4, -0.2) is 37.7 Å². The molecule has 1 aromatic carbocycles. The van der Waals surface area contributed by atoms with Gasteiger partial charge in [-0.15, -0.1) is 0 Å². The van der Waals surface area contributed by atoms with Crippen molar-refractivity contribution in [2.45, 2.75) is 63.7 Å². The third kappa shape index (κ3) is 3.72. The second kappa shape index (κ2) is 7.91. The van der Waals surface area contributed by atoms with Crippen LogP contribution in [0.3, 0.4) is 0 Å². The molecule has 1 saturated heterocycles. The molecule has 2 aromatic rings. The first-order valence-corrected chi connectivity index (χ1v) is 12.0. The number of nitrogens with zero attached hydrogens (tertiary/aromatic N) is 1. The molecular formula is C22H30N2O3S. The zero-order valence-electron chi connectivity index (χ0n) is 16.8. The number of piperidine rings is 1. The van der Waals surface area contributed by atoms with Gasteiger partial charge in [-0.25, -0.2) is 8.42 Å². The molecule has 1 atom stereocenters.